The second-order valence-corrected chi connectivity index (χ2v) is 6.53. The van der Waals surface area contributed by atoms with E-state index in [2.05, 4.69) is 17.2 Å². The van der Waals surface area contributed by atoms with Gasteiger partial charge in [-0.1, -0.05) is 11.8 Å². The Bertz CT molecular complexity index is 667. The fraction of sp³-hybridized carbons (Fsp3) is 0.444. The highest BCUT2D eigenvalue weighted by atomic mass is 32.2. The van der Waals surface area contributed by atoms with Crippen LogP contribution >= 0.6 is 11.8 Å². The second-order valence-electron chi connectivity index (χ2n) is 5.54. The van der Waals surface area contributed by atoms with E-state index in [-0.39, 0.29) is 12.5 Å². The normalized spacial score (nSPS) is 16.0. The van der Waals surface area contributed by atoms with Crippen molar-refractivity contribution in [3.8, 4) is 11.8 Å². The lowest BCUT2D eigenvalue weighted by Gasteiger charge is -2.44. The summed E-state index contributed by atoms with van der Waals surface area (Å²) in [6.45, 7) is 0.0158. The fourth-order valence-electron chi connectivity index (χ4n) is 2.37. The quantitative estimate of drug-likeness (QED) is 0.575. The van der Waals surface area contributed by atoms with Crippen LogP contribution in [0, 0.1) is 11.8 Å². The summed E-state index contributed by atoms with van der Waals surface area (Å²) in [7, 11) is 2.82. The van der Waals surface area contributed by atoms with Crippen LogP contribution in [-0.4, -0.2) is 61.0 Å². The van der Waals surface area contributed by atoms with Gasteiger partial charge in [0.25, 0.3) is 5.91 Å². The highest BCUT2D eigenvalue weighted by Gasteiger charge is 2.50. The van der Waals surface area contributed by atoms with Crippen molar-refractivity contribution in [2.24, 2.45) is 0 Å². The first-order valence-corrected chi connectivity index (χ1v) is 8.93. The van der Waals surface area contributed by atoms with Crippen LogP contribution in [0.1, 0.15) is 22.3 Å². The molecule has 0 spiro atoms. The summed E-state index contributed by atoms with van der Waals surface area (Å²) in [5.74, 6) is 6.04. The van der Waals surface area contributed by atoms with Crippen LogP contribution < -0.4 is 5.32 Å². The van der Waals surface area contributed by atoms with Crippen molar-refractivity contribution >= 4 is 23.6 Å². The van der Waals surface area contributed by atoms with E-state index in [0.717, 1.165) is 5.56 Å². The van der Waals surface area contributed by atoms with Gasteiger partial charge < -0.3 is 19.9 Å². The third kappa shape index (κ3) is 4.54. The fourth-order valence-corrected chi connectivity index (χ4v) is 3.54. The van der Waals surface area contributed by atoms with Gasteiger partial charge in [0.05, 0.1) is 13.7 Å². The van der Waals surface area contributed by atoms with Crippen molar-refractivity contribution < 1.29 is 24.2 Å². The molecule has 1 saturated heterocycles. The number of benzene rings is 1. The summed E-state index contributed by atoms with van der Waals surface area (Å²) >= 11 is 1.64. The molecule has 0 bridgehead atoms. The van der Waals surface area contributed by atoms with E-state index in [0.29, 0.717) is 23.5 Å². The molecule has 134 valence electrons. The minimum absolute atomic E-state index is 0.0158. The molecule has 7 heteroatoms. The first-order chi connectivity index (χ1) is 12.1. The number of rotatable bonds is 6. The first-order valence-electron chi connectivity index (χ1n) is 7.77. The number of amides is 1. The van der Waals surface area contributed by atoms with E-state index in [9.17, 15) is 9.59 Å². The highest BCUT2D eigenvalue weighted by molar-refractivity contribution is 8.00. The zero-order valence-corrected chi connectivity index (χ0v) is 15.0. The molecule has 1 heterocycles. The van der Waals surface area contributed by atoms with E-state index >= 15 is 0 Å². The van der Waals surface area contributed by atoms with Crippen molar-refractivity contribution in [1.82, 2.24) is 5.32 Å². The Hall–Kier alpha value is -2.01. The Labute approximate surface area is 151 Å². The van der Waals surface area contributed by atoms with Crippen LogP contribution in [-0.2, 0) is 14.3 Å². The monoisotopic (exact) mass is 363 g/mol. The number of carbonyl (C=O) groups excluding carboxylic acids is 2. The standard InChI is InChI=1S/C18H21NO5S/c1-23-17(22)15(18(24-2)11-25-12-18)19-16(21)14-8-6-13(7-9-14)5-3-4-10-20/h6-9,15,20H,4,10-12H2,1-2H3,(H,19,21). The minimum Gasteiger partial charge on any atom is -0.467 e. The van der Waals surface area contributed by atoms with Crippen LogP contribution in [0.5, 0.6) is 0 Å². The molecular weight excluding hydrogens is 342 g/mol. The molecule has 1 aliphatic heterocycles. The molecule has 2 rings (SSSR count). The number of hydrogen-bond donors (Lipinski definition) is 2. The van der Waals surface area contributed by atoms with Gasteiger partial charge in [-0.2, -0.15) is 11.8 Å². The van der Waals surface area contributed by atoms with Crippen molar-refractivity contribution in [3.05, 3.63) is 35.4 Å². The minimum atomic E-state index is -0.861. The van der Waals surface area contributed by atoms with Crippen LogP contribution in [0.25, 0.3) is 0 Å². The summed E-state index contributed by atoms with van der Waals surface area (Å²) in [6.07, 6.45) is 0.403. The van der Waals surface area contributed by atoms with Crippen molar-refractivity contribution in [2.45, 2.75) is 18.1 Å². The predicted molar refractivity (Wildman–Crippen MR) is 95.4 cm³/mol. The lowest BCUT2D eigenvalue weighted by molar-refractivity contribution is -0.150. The van der Waals surface area contributed by atoms with Gasteiger partial charge in [0.2, 0.25) is 0 Å². The molecule has 1 atom stereocenters. The van der Waals surface area contributed by atoms with Gasteiger partial charge in [0.15, 0.2) is 6.04 Å². The number of thioether (sulfide) groups is 1. The van der Waals surface area contributed by atoms with E-state index in [1.54, 1.807) is 36.0 Å². The topological polar surface area (TPSA) is 84.9 Å². The second kappa shape index (κ2) is 8.90. The maximum Gasteiger partial charge on any atom is 0.331 e. The van der Waals surface area contributed by atoms with Crippen molar-refractivity contribution in [3.63, 3.8) is 0 Å². The van der Waals surface area contributed by atoms with E-state index in [1.807, 2.05) is 0 Å². The van der Waals surface area contributed by atoms with Gasteiger partial charge in [-0.05, 0) is 24.3 Å². The van der Waals surface area contributed by atoms with Crippen molar-refractivity contribution in [1.29, 1.82) is 0 Å². The van der Waals surface area contributed by atoms with Gasteiger partial charge in [0, 0.05) is 36.2 Å². The molecule has 1 aromatic rings. The highest BCUT2D eigenvalue weighted by Crippen LogP contribution is 2.36. The van der Waals surface area contributed by atoms with Gasteiger partial charge in [-0.25, -0.2) is 4.79 Å². The van der Waals surface area contributed by atoms with Crippen LogP contribution in [0.2, 0.25) is 0 Å². The number of methoxy groups -OCH3 is 2. The Morgan fingerprint density at radius 2 is 2.00 bits per heavy atom. The molecule has 6 nitrogen and oxygen atoms in total. The van der Waals surface area contributed by atoms with Crippen LogP contribution in [0.3, 0.4) is 0 Å². The van der Waals surface area contributed by atoms with Crippen LogP contribution in [0.15, 0.2) is 24.3 Å². The summed E-state index contributed by atoms with van der Waals surface area (Å²) in [5, 5.41) is 11.4. The number of aliphatic hydroxyl groups excluding tert-OH is 1. The maximum atomic E-state index is 12.5. The summed E-state index contributed by atoms with van der Waals surface area (Å²) < 4.78 is 10.3. The molecule has 1 aliphatic rings. The largest absolute Gasteiger partial charge is 0.467 e. The van der Waals surface area contributed by atoms with Gasteiger partial charge in [-0.15, -0.1) is 0 Å². The number of aliphatic hydroxyl groups is 1. The molecule has 0 aliphatic carbocycles. The Morgan fingerprint density at radius 1 is 1.32 bits per heavy atom. The van der Waals surface area contributed by atoms with Gasteiger partial charge in [-0.3, -0.25) is 4.79 Å². The molecule has 2 N–H and O–H groups in total. The molecule has 1 amide bonds. The lowest BCUT2D eigenvalue weighted by atomic mass is 9.96. The number of ether oxygens (including phenoxy) is 2. The lowest BCUT2D eigenvalue weighted by Crippen LogP contribution is -2.65. The molecule has 0 saturated carbocycles. The van der Waals surface area contributed by atoms with Crippen molar-refractivity contribution in [2.75, 3.05) is 32.3 Å². The van der Waals surface area contributed by atoms with Gasteiger partial charge >= 0.3 is 5.97 Å². The Balaban J connectivity index is 2.10. The zero-order chi connectivity index (χ0) is 18.3. The average Bonchev–Trinajstić information content (AvgIpc) is 2.60. The molecular formula is C18H21NO5S. The molecule has 1 aromatic carbocycles. The summed E-state index contributed by atoms with van der Waals surface area (Å²) in [5.41, 5.74) is 0.432. The molecule has 0 radical (unpaired) electrons. The Kier molecular flexibility index (Phi) is 6.88. The van der Waals surface area contributed by atoms with Crippen LogP contribution in [0.4, 0.5) is 0 Å². The van der Waals surface area contributed by atoms with E-state index in [1.165, 1.54) is 14.2 Å². The Morgan fingerprint density at radius 3 is 2.48 bits per heavy atom. The van der Waals surface area contributed by atoms with E-state index in [4.69, 9.17) is 14.6 Å². The first kappa shape index (κ1) is 19.3. The number of esters is 1. The molecule has 1 unspecified atom stereocenters. The molecule has 1 fully saturated rings. The third-order valence-electron chi connectivity index (χ3n) is 3.95. The smallest absolute Gasteiger partial charge is 0.331 e. The van der Waals surface area contributed by atoms with Gasteiger partial charge in [0.1, 0.15) is 5.60 Å². The van der Waals surface area contributed by atoms with E-state index < -0.39 is 17.6 Å². The summed E-state index contributed by atoms with van der Waals surface area (Å²) in [6, 6.07) is 5.86. The molecule has 0 aromatic heterocycles. The predicted octanol–water partition coefficient (Wildman–Crippen LogP) is 0.824. The maximum absolute atomic E-state index is 12.5. The SMILES string of the molecule is COC(=O)C(NC(=O)c1ccc(C#CCCO)cc1)C1(OC)CSC1. The molecule has 25 heavy (non-hydrogen) atoms. The number of hydrogen-bond acceptors (Lipinski definition) is 6. The third-order valence-corrected chi connectivity index (χ3v) is 5.34. The number of carbonyl (C=O) groups is 2. The zero-order valence-electron chi connectivity index (χ0n) is 14.2. The average molecular weight is 363 g/mol. The summed E-state index contributed by atoms with van der Waals surface area (Å²) in [4.78, 5) is 24.6. The number of nitrogens with one attached hydrogen (secondary N) is 1.